The molecule has 1 rings (SSSR count). The van der Waals surface area contributed by atoms with Crippen molar-refractivity contribution in [3.05, 3.63) is 12.7 Å². The fourth-order valence-electron chi connectivity index (χ4n) is 4.86. The van der Waals surface area contributed by atoms with E-state index < -0.39 is 17.4 Å². The predicted octanol–water partition coefficient (Wildman–Crippen LogP) is 5.62. The Balaban J connectivity index is 2.64. The molecule has 0 heterocycles. The Kier molecular flexibility index (Phi) is 15.5. The minimum atomic E-state index is -2.57. The van der Waals surface area contributed by atoms with Crippen LogP contribution < -0.4 is 0 Å². The van der Waals surface area contributed by atoms with Crippen LogP contribution in [0.5, 0.6) is 0 Å². The second-order valence-corrected chi connectivity index (χ2v) is 14.6. The van der Waals surface area contributed by atoms with Crippen LogP contribution in [0.25, 0.3) is 0 Å². The molecular formula is C24H51NO5Si2. The van der Waals surface area contributed by atoms with Crippen LogP contribution in [0.2, 0.25) is 17.6 Å². The summed E-state index contributed by atoms with van der Waals surface area (Å²) in [6.07, 6.45) is 6.64. The van der Waals surface area contributed by atoms with E-state index in [4.69, 9.17) is 22.1 Å². The number of rotatable bonds is 22. The summed E-state index contributed by atoms with van der Waals surface area (Å²) in [7, 11) is -4.71. The van der Waals surface area contributed by atoms with Gasteiger partial charge in [-0.2, -0.15) is 0 Å². The molecule has 0 spiro atoms. The molecule has 0 radical (unpaired) electrons. The van der Waals surface area contributed by atoms with E-state index in [2.05, 4.69) is 32.3 Å². The molecule has 0 saturated heterocycles. The van der Waals surface area contributed by atoms with Gasteiger partial charge in [0.2, 0.25) is 0 Å². The third-order valence-electron chi connectivity index (χ3n) is 6.23. The van der Waals surface area contributed by atoms with Crippen molar-refractivity contribution in [3.8, 4) is 0 Å². The molecule has 8 heteroatoms. The number of hydrogen-bond acceptors (Lipinski definition) is 6. The summed E-state index contributed by atoms with van der Waals surface area (Å²) in [6.45, 7) is 22.9. The molecule has 1 aliphatic carbocycles. The van der Waals surface area contributed by atoms with Crippen molar-refractivity contribution in [3.63, 3.8) is 0 Å². The standard InChI is InChI=1S/C24H51NO5Si2/c1-8-17-25(19-16-21-32(28-12-5,29-13-6)30-14-7)18-15-20-31(26-10-3,27-11-4)24-22-23(24)9-2/h8,23-24H,1,9-22H2,2-7H3. The molecule has 0 amide bonds. The van der Waals surface area contributed by atoms with Crippen LogP contribution >= 0.6 is 0 Å². The molecule has 0 aliphatic heterocycles. The van der Waals surface area contributed by atoms with Gasteiger partial charge in [0, 0.05) is 51.2 Å². The van der Waals surface area contributed by atoms with Gasteiger partial charge in [-0.1, -0.05) is 19.4 Å². The van der Waals surface area contributed by atoms with Gasteiger partial charge in [0.25, 0.3) is 0 Å². The molecule has 2 atom stereocenters. The maximum atomic E-state index is 6.41. The van der Waals surface area contributed by atoms with Crippen molar-refractivity contribution in [2.24, 2.45) is 5.92 Å². The number of hydrogen-bond donors (Lipinski definition) is 0. The monoisotopic (exact) mass is 489 g/mol. The highest BCUT2D eigenvalue weighted by atomic mass is 28.4. The van der Waals surface area contributed by atoms with Crippen molar-refractivity contribution >= 4 is 17.4 Å². The van der Waals surface area contributed by atoms with Crippen LogP contribution in [0, 0.1) is 5.92 Å². The molecule has 32 heavy (non-hydrogen) atoms. The van der Waals surface area contributed by atoms with Gasteiger partial charge in [0.05, 0.1) is 0 Å². The Labute approximate surface area is 200 Å². The molecule has 0 aromatic rings. The van der Waals surface area contributed by atoms with Gasteiger partial charge in [-0.3, -0.25) is 4.90 Å². The third-order valence-corrected chi connectivity index (χ3v) is 13.8. The maximum absolute atomic E-state index is 6.41. The lowest BCUT2D eigenvalue weighted by molar-refractivity contribution is 0.0700. The summed E-state index contributed by atoms with van der Waals surface area (Å²) < 4.78 is 30.9. The van der Waals surface area contributed by atoms with Gasteiger partial charge in [0.1, 0.15) is 0 Å². The largest absolute Gasteiger partial charge is 0.500 e. The molecule has 1 aliphatic rings. The molecule has 1 saturated carbocycles. The van der Waals surface area contributed by atoms with Gasteiger partial charge in [-0.15, -0.1) is 6.58 Å². The molecule has 0 aromatic heterocycles. The summed E-state index contributed by atoms with van der Waals surface area (Å²) in [4.78, 5) is 2.48. The molecule has 0 bridgehead atoms. The average Bonchev–Trinajstić information content (AvgIpc) is 3.55. The molecule has 2 unspecified atom stereocenters. The minimum Gasteiger partial charge on any atom is -0.394 e. The summed E-state index contributed by atoms with van der Waals surface area (Å²) in [5, 5.41) is 0. The van der Waals surface area contributed by atoms with Crippen molar-refractivity contribution in [2.45, 2.75) is 84.9 Å². The van der Waals surface area contributed by atoms with E-state index in [0.717, 1.165) is 63.7 Å². The van der Waals surface area contributed by atoms with E-state index in [1.165, 1.54) is 12.8 Å². The Hall–Kier alpha value is -0.0662. The Bertz CT molecular complexity index is 474. The van der Waals surface area contributed by atoms with E-state index in [1.807, 2.05) is 26.8 Å². The van der Waals surface area contributed by atoms with Crippen molar-refractivity contribution in [1.82, 2.24) is 4.90 Å². The SMILES string of the molecule is C=CCN(CCC[Si](OCC)(OCC)OCC)CCC[Si](OCC)(OCC)C1CC1CC. The highest BCUT2D eigenvalue weighted by Gasteiger charge is 2.56. The lowest BCUT2D eigenvalue weighted by Crippen LogP contribution is -2.46. The summed E-state index contributed by atoms with van der Waals surface area (Å²) in [5.74, 6) is 0.804. The van der Waals surface area contributed by atoms with Crippen LogP contribution in [0.15, 0.2) is 12.7 Å². The Morgan fingerprint density at radius 2 is 1.28 bits per heavy atom. The normalized spacial score (nSPS) is 19.0. The van der Waals surface area contributed by atoms with Crippen molar-refractivity contribution in [1.29, 1.82) is 0 Å². The smallest absolute Gasteiger partial charge is 0.394 e. The zero-order chi connectivity index (χ0) is 23.9. The first kappa shape index (κ1) is 30.0. The van der Waals surface area contributed by atoms with E-state index in [-0.39, 0.29) is 0 Å². The molecule has 0 N–H and O–H groups in total. The fourth-order valence-corrected chi connectivity index (χ4v) is 11.9. The molecule has 0 aromatic carbocycles. The second kappa shape index (κ2) is 16.5. The third kappa shape index (κ3) is 9.66. The Morgan fingerprint density at radius 3 is 1.69 bits per heavy atom. The number of nitrogens with zero attached hydrogens (tertiary/aromatic N) is 1. The van der Waals surface area contributed by atoms with Crippen LogP contribution in [0.1, 0.15) is 67.2 Å². The van der Waals surface area contributed by atoms with Gasteiger partial charge >= 0.3 is 17.4 Å². The molecular weight excluding hydrogens is 438 g/mol. The summed E-state index contributed by atoms with van der Waals surface area (Å²) in [6, 6.07) is 1.94. The van der Waals surface area contributed by atoms with Crippen molar-refractivity contribution in [2.75, 3.05) is 52.7 Å². The van der Waals surface area contributed by atoms with Crippen LogP contribution in [-0.2, 0) is 22.1 Å². The fraction of sp³-hybridized carbons (Fsp3) is 0.917. The average molecular weight is 490 g/mol. The summed E-state index contributed by atoms with van der Waals surface area (Å²) >= 11 is 0. The van der Waals surface area contributed by atoms with Crippen LogP contribution in [-0.4, -0.2) is 74.9 Å². The van der Waals surface area contributed by atoms with Crippen LogP contribution in [0.4, 0.5) is 0 Å². The first-order valence-electron chi connectivity index (χ1n) is 13.0. The van der Waals surface area contributed by atoms with Crippen molar-refractivity contribution < 1.29 is 22.1 Å². The molecule has 6 nitrogen and oxygen atoms in total. The van der Waals surface area contributed by atoms with E-state index >= 15 is 0 Å². The quantitative estimate of drug-likeness (QED) is 0.145. The Morgan fingerprint density at radius 1 is 0.781 bits per heavy atom. The van der Waals surface area contributed by atoms with Gasteiger partial charge in [0.15, 0.2) is 0 Å². The van der Waals surface area contributed by atoms with E-state index in [0.29, 0.717) is 25.4 Å². The van der Waals surface area contributed by atoms with Gasteiger partial charge < -0.3 is 22.1 Å². The van der Waals surface area contributed by atoms with E-state index in [9.17, 15) is 0 Å². The minimum absolute atomic E-state index is 0.629. The zero-order valence-corrected chi connectivity index (χ0v) is 23.8. The highest BCUT2D eigenvalue weighted by molar-refractivity contribution is 6.70. The zero-order valence-electron chi connectivity index (χ0n) is 21.8. The highest BCUT2D eigenvalue weighted by Crippen LogP contribution is 2.55. The molecule has 190 valence electrons. The van der Waals surface area contributed by atoms with Gasteiger partial charge in [-0.25, -0.2) is 0 Å². The van der Waals surface area contributed by atoms with Gasteiger partial charge in [-0.05, 0) is 78.9 Å². The van der Waals surface area contributed by atoms with E-state index in [1.54, 1.807) is 0 Å². The summed E-state index contributed by atoms with van der Waals surface area (Å²) in [5.41, 5.74) is 0.676. The topological polar surface area (TPSA) is 49.4 Å². The first-order chi connectivity index (χ1) is 15.5. The lowest BCUT2D eigenvalue weighted by atomic mass is 10.3. The second-order valence-electron chi connectivity index (χ2n) is 8.47. The van der Waals surface area contributed by atoms with Crippen LogP contribution in [0.3, 0.4) is 0 Å². The first-order valence-corrected chi connectivity index (χ1v) is 17.1. The lowest BCUT2D eigenvalue weighted by Gasteiger charge is -2.32. The molecule has 1 fully saturated rings. The predicted molar refractivity (Wildman–Crippen MR) is 137 cm³/mol. The maximum Gasteiger partial charge on any atom is 0.500 e.